The number of hydrogen-bond donors (Lipinski definition) is 0. The Morgan fingerprint density at radius 2 is 1.82 bits per heavy atom. The van der Waals surface area contributed by atoms with Crippen molar-refractivity contribution in [2.75, 3.05) is 26.3 Å². The average Bonchev–Trinajstić information content (AvgIpc) is 3.03. The van der Waals surface area contributed by atoms with E-state index >= 15 is 0 Å². The molecule has 4 heteroatoms. The quantitative estimate of drug-likeness (QED) is 0.583. The van der Waals surface area contributed by atoms with Gasteiger partial charge in [0.15, 0.2) is 5.78 Å². The molecule has 0 saturated carbocycles. The van der Waals surface area contributed by atoms with Gasteiger partial charge < -0.3 is 9.47 Å². The minimum absolute atomic E-state index is 0.0569. The smallest absolute Gasteiger partial charge is 0.194 e. The van der Waals surface area contributed by atoms with Crippen LogP contribution in [0.2, 0.25) is 0 Å². The van der Waals surface area contributed by atoms with Crippen LogP contribution in [0.3, 0.4) is 0 Å². The van der Waals surface area contributed by atoms with Gasteiger partial charge in [0.2, 0.25) is 0 Å². The number of fused-ring (bicyclic) bond motifs is 3. The van der Waals surface area contributed by atoms with Crippen molar-refractivity contribution in [2.24, 2.45) is 0 Å². The van der Waals surface area contributed by atoms with Crippen molar-refractivity contribution in [1.82, 2.24) is 4.90 Å². The molecule has 4 rings (SSSR count). The van der Waals surface area contributed by atoms with Crippen molar-refractivity contribution in [1.29, 1.82) is 0 Å². The van der Waals surface area contributed by atoms with Gasteiger partial charge in [0.05, 0.1) is 6.61 Å². The van der Waals surface area contributed by atoms with E-state index in [1.54, 1.807) is 0 Å². The van der Waals surface area contributed by atoms with Gasteiger partial charge in [0.25, 0.3) is 0 Å². The molecule has 0 N–H and O–H groups in total. The molecule has 2 aliphatic rings. The number of likely N-dealkylation sites (tertiary alicyclic amines) is 1. The summed E-state index contributed by atoms with van der Waals surface area (Å²) >= 11 is 0. The molecule has 0 bridgehead atoms. The Bertz CT molecular complexity index is 855. The second-order valence-corrected chi connectivity index (χ2v) is 7.82. The molecule has 1 aliphatic heterocycles. The summed E-state index contributed by atoms with van der Waals surface area (Å²) < 4.78 is 12.0. The third kappa shape index (κ3) is 3.66. The molecule has 1 unspecified atom stereocenters. The van der Waals surface area contributed by atoms with E-state index in [0.29, 0.717) is 24.8 Å². The maximum Gasteiger partial charge on any atom is 0.194 e. The van der Waals surface area contributed by atoms with E-state index in [9.17, 15) is 4.79 Å². The SMILES string of the molecule is CCCOc1ccc2c(c1)C(=O)c1cccc(OCC(C)N3CCCCC3)c1-2. The maximum absolute atomic E-state index is 12.9. The van der Waals surface area contributed by atoms with Crippen molar-refractivity contribution < 1.29 is 14.3 Å². The first kappa shape index (κ1) is 19.0. The summed E-state index contributed by atoms with van der Waals surface area (Å²) in [6.45, 7) is 7.90. The Morgan fingerprint density at radius 1 is 1.00 bits per heavy atom. The normalized spacial score (nSPS) is 17.1. The van der Waals surface area contributed by atoms with E-state index in [1.807, 2.05) is 36.4 Å². The minimum Gasteiger partial charge on any atom is -0.494 e. The number of rotatable bonds is 7. The molecule has 1 aliphatic carbocycles. The lowest BCUT2D eigenvalue weighted by atomic mass is 10.0. The number of piperidine rings is 1. The predicted octanol–water partition coefficient (Wildman–Crippen LogP) is 4.94. The van der Waals surface area contributed by atoms with Gasteiger partial charge in [-0.05, 0) is 69.1 Å². The number of nitrogens with zero attached hydrogens (tertiary/aromatic N) is 1. The molecule has 0 amide bonds. The van der Waals surface area contributed by atoms with Gasteiger partial charge in [-0.1, -0.05) is 25.5 Å². The highest BCUT2D eigenvalue weighted by atomic mass is 16.5. The zero-order chi connectivity index (χ0) is 19.5. The lowest BCUT2D eigenvalue weighted by molar-refractivity contribution is 0.104. The van der Waals surface area contributed by atoms with E-state index in [2.05, 4.69) is 18.7 Å². The van der Waals surface area contributed by atoms with Gasteiger partial charge in [-0.2, -0.15) is 0 Å². The van der Waals surface area contributed by atoms with Crippen molar-refractivity contribution in [3.05, 3.63) is 47.5 Å². The zero-order valence-corrected chi connectivity index (χ0v) is 16.9. The van der Waals surface area contributed by atoms with Crippen LogP contribution in [0.5, 0.6) is 11.5 Å². The molecule has 2 aromatic rings. The van der Waals surface area contributed by atoms with Crippen molar-refractivity contribution >= 4 is 5.78 Å². The van der Waals surface area contributed by atoms with Gasteiger partial charge in [-0.15, -0.1) is 0 Å². The standard InChI is InChI=1S/C24H29NO3/c1-3-14-27-18-10-11-19-21(15-18)24(26)20-8-7-9-22(23(19)20)28-16-17(2)25-12-5-4-6-13-25/h7-11,15,17H,3-6,12-14,16H2,1-2H3. The van der Waals surface area contributed by atoms with Crippen LogP contribution in [0.15, 0.2) is 36.4 Å². The van der Waals surface area contributed by atoms with Crippen LogP contribution in [0, 0.1) is 0 Å². The molecule has 148 valence electrons. The number of carbonyl (C=O) groups excluding carboxylic acids is 1. The van der Waals surface area contributed by atoms with Crippen LogP contribution in [0.25, 0.3) is 11.1 Å². The van der Waals surface area contributed by atoms with Gasteiger partial charge in [-0.3, -0.25) is 9.69 Å². The third-order valence-electron chi connectivity index (χ3n) is 5.74. The van der Waals surface area contributed by atoms with Gasteiger partial charge >= 0.3 is 0 Å². The minimum atomic E-state index is 0.0569. The second kappa shape index (κ2) is 8.36. The molecule has 28 heavy (non-hydrogen) atoms. The average molecular weight is 380 g/mol. The topological polar surface area (TPSA) is 38.8 Å². The lowest BCUT2D eigenvalue weighted by Crippen LogP contribution is -2.40. The highest BCUT2D eigenvalue weighted by Crippen LogP contribution is 2.43. The largest absolute Gasteiger partial charge is 0.494 e. The molecule has 1 heterocycles. The van der Waals surface area contributed by atoms with E-state index in [-0.39, 0.29) is 5.78 Å². The summed E-state index contributed by atoms with van der Waals surface area (Å²) in [6, 6.07) is 12.0. The summed E-state index contributed by atoms with van der Waals surface area (Å²) in [4.78, 5) is 15.4. The van der Waals surface area contributed by atoms with Gasteiger partial charge in [0.1, 0.15) is 18.1 Å². The maximum atomic E-state index is 12.9. The Morgan fingerprint density at radius 3 is 2.61 bits per heavy atom. The third-order valence-corrected chi connectivity index (χ3v) is 5.74. The van der Waals surface area contributed by atoms with Crippen molar-refractivity contribution in [3.8, 4) is 22.6 Å². The molecule has 0 spiro atoms. The zero-order valence-electron chi connectivity index (χ0n) is 16.9. The van der Waals surface area contributed by atoms with E-state index in [0.717, 1.165) is 47.7 Å². The number of benzene rings is 2. The second-order valence-electron chi connectivity index (χ2n) is 7.82. The van der Waals surface area contributed by atoms with Gasteiger partial charge in [0, 0.05) is 22.7 Å². The summed E-state index contributed by atoms with van der Waals surface area (Å²) in [5.41, 5.74) is 3.31. The predicted molar refractivity (Wildman–Crippen MR) is 111 cm³/mol. The Labute approximate surface area is 167 Å². The van der Waals surface area contributed by atoms with Crippen molar-refractivity contribution in [2.45, 2.75) is 45.6 Å². The first-order valence-electron chi connectivity index (χ1n) is 10.5. The fraction of sp³-hybridized carbons (Fsp3) is 0.458. The number of ether oxygens (including phenoxy) is 2. The molecule has 1 saturated heterocycles. The molecule has 0 radical (unpaired) electrons. The highest BCUT2D eigenvalue weighted by molar-refractivity contribution is 6.22. The summed E-state index contributed by atoms with van der Waals surface area (Å²) in [6.07, 6.45) is 4.82. The van der Waals surface area contributed by atoms with Crippen LogP contribution < -0.4 is 9.47 Å². The molecule has 1 fully saturated rings. The molecular weight excluding hydrogens is 350 g/mol. The van der Waals surface area contributed by atoms with Crippen LogP contribution in [0.4, 0.5) is 0 Å². The Hall–Kier alpha value is -2.33. The fourth-order valence-electron chi connectivity index (χ4n) is 4.18. The van der Waals surface area contributed by atoms with Crippen LogP contribution in [-0.4, -0.2) is 43.0 Å². The molecule has 2 aromatic carbocycles. The Kier molecular flexibility index (Phi) is 5.67. The van der Waals surface area contributed by atoms with Crippen LogP contribution in [0.1, 0.15) is 55.5 Å². The summed E-state index contributed by atoms with van der Waals surface area (Å²) in [7, 11) is 0. The molecular formula is C24H29NO3. The van der Waals surface area contributed by atoms with Crippen molar-refractivity contribution in [3.63, 3.8) is 0 Å². The summed E-state index contributed by atoms with van der Waals surface area (Å²) in [5, 5.41) is 0. The van der Waals surface area contributed by atoms with E-state index in [4.69, 9.17) is 9.47 Å². The van der Waals surface area contributed by atoms with Crippen LogP contribution in [-0.2, 0) is 0 Å². The number of carbonyl (C=O) groups is 1. The fourth-order valence-corrected chi connectivity index (χ4v) is 4.18. The summed E-state index contributed by atoms with van der Waals surface area (Å²) in [5.74, 6) is 1.61. The monoisotopic (exact) mass is 379 g/mol. The molecule has 4 nitrogen and oxygen atoms in total. The number of hydrogen-bond acceptors (Lipinski definition) is 4. The Balaban J connectivity index is 1.55. The highest BCUT2D eigenvalue weighted by Gasteiger charge is 2.30. The van der Waals surface area contributed by atoms with E-state index in [1.165, 1.54) is 19.3 Å². The number of ketones is 1. The van der Waals surface area contributed by atoms with Crippen LogP contribution >= 0.6 is 0 Å². The molecule has 1 atom stereocenters. The van der Waals surface area contributed by atoms with E-state index < -0.39 is 0 Å². The van der Waals surface area contributed by atoms with Gasteiger partial charge in [-0.25, -0.2) is 0 Å². The molecule has 0 aromatic heterocycles. The first-order valence-corrected chi connectivity index (χ1v) is 10.5. The lowest BCUT2D eigenvalue weighted by Gasteiger charge is -2.32. The first-order chi connectivity index (χ1) is 13.7.